The van der Waals surface area contributed by atoms with Crippen molar-refractivity contribution in [3.63, 3.8) is 0 Å². The van der Waals surface area contributed by atoms with Crippen LogP contribution in [0, 0.1) is 0 Å². The summed E-state index contributed by atoms with van der Waals surface area (Å²) in [4.78, 5) is 11.1. The molecule has 0 aliphatic carbocycles. The molecule has 3 aromatic rings. The quantitative estimate of drug-likeness (QED) is 0.728. The molecule has 1 saturated heterocycles. The van der Waals surface area contributed by atoms with Crippen molar-refractivity contribution in [2.24, 2.45) is 0 Å². The highest BCUT2D eigenvalue weighted by atomic mass is 16.5. The number of rotatable bonds is 4. The van der Waals surface area contributed by atoms with Gasteiger partial charge < -0.3 is 14.4 Å². The molecule has 3 heterocycles. The van der Waals surface area contributed by atoms with Gasteiger partial charge in [0.15, 0.2) is 5.65 Å². The molecule has 7 nitrogen and oxygen atoms in total. The minimum Gasteiger partial charge on any atom is -0.497 e. The van der Waals surface area contributed by atoms with E-state index in [1.165, 1.54) is 0 Å². The van der Waals surface area contributed by atoms with Gasteiger partial charge in [0.1, 0.15) is 17.9 Å². The molecule has 1 aromatic carbocycles. The van der Waals surface area contributed by atoms with Gasteiger partial charge in [0.25, 0.3) is 0 Å². The van der Waals surface area contributed by atoms with Crippen LogP contribution < -0.4 is 9.64 Å². The van der Waals surface area contributed by atoms with Crippen molar-refractivity contribution in [3.8, 4) is 5.75 Å². The predicted octanol–water partition coefficient (Wildman–Crippen LogP) is 1.72. The number of nitrogens with zero attached hydrogens (tertiary/aromatic N) is 5. The lowest BCUT2D eigenvalue weighted by molar-refractivity contribution is 0.122. The molecule has 7 heteroatoms. The average molecular weight is 325 g/mol. The number of ether oxygens (including phenoxy) is 2. The van der Waals surface area contributed by atoms with Crippen LogP contribution in [0.5, 0.6) is 5.75 Å². The SMILES string of the molecule is COc1ccc(Cn2ncc3c(N4CCOCC4)ncnc32)cc1. The fraction of sp³-hybridized carbons (Fsp3) is 0.353. The lowest BCUT2D eigenvalue weighted by atomic mass is 10.2. The summed E-state index contributed by atoms with van der Waals surface area (Å²) in [5.41, 5.74) is 2.00. The Kier molecular flexibility index (Phi) is 4.00. The van der Waals surface area contributed by atoms with Crippen molar-refractivity contribution in [1.82, 2.24) is 19.7 Å². The zero-order valence-corrected chi connectivity index (χ0v) is 13.6. The number of hydrogen-bond acceptors (Lipinski definition) is 6. The van der Waals surface area contributed by atoms with Crippen molar-refractivity contribution < 1.29 is 9.47 Å². The van der Waals surface area contributed by atoms with Crippen LogP contribution in [-0.4, -0.2) is 53.2 Å². The Morgan fingerprint density at radius 2 is 1.92 bits per heavy atom. The van der Waals surface area contributed by atoms with Gasteiger partial charge in [0.05, 0.1) is 38.5 Å². The minimum absolute atomic E-state index is 0.660. The van der Waals surface area contributed by atoms with Crippen LogP contribution in [0.4, 0.5) is 5.82 Å². The molecule has 2 aromatic heterocycles. The molecule has 0 unspecified atom stereocenters. The summed E-state index contributed by atoms with van der Waals surface area (Å²) in [6.07, 6.45) is 3.46. The van der Waals surface area contributed by atoms with E-state index >= 15 is 0 Å². The second-order valence-electron chi connectivity index (χ2n) is 5.68. The van der Waals surface area contributed by atoms with Crippen LogP contribution >= 0.6 is 0 Å². The number of anilines is 1. The number of aromatic nitrogens is 4. The summed E-state index contributed by atoms with van der Waals surface area (Å²) in [5, 5.41) is 5.49. The van der Waals surface area contributed by atoms with Crippen LogP contribution in [0.15, 0.2) is 36.8 Å². The smallest absolute Gasteiger partial charge is 0.163 e. The summed E-state index contributed by atoms with van der Waals surface area (Å²) in [6.45, 7) is 3.80. The highest BCUT2D eigenvalue weighted by Crippen LogP contribution is 2.24. The first-order valence-electron chi connectivity index (χ1n) is 7.97. The van der Waals surface area contributed by atoms with Gasteiger partial charge in [0.2, 0.25) is 0 Å². The molecular formula is C17H19N5O2. The second-order valence-corrected chi connectivity index (χ2v) is 5.68. The van der Waals surface area contributed by atoms with Crippen molar-refractivity contribution in [1.29, 1.82) is 0 Å². The fourth-order valence-corrected chi connectivity index (χ4v) is 2.93. The van der Waals surface area contributed by atoms with Crippen molar-refractivity contribution >= 4 is 16.9 Å². The molecule has 0 atom stereocenters. The molecular weight excluding hydrogens is 306 g/mol. The van der Waals surface area contributed by atoms with Crippen molar-refractivity contribution in [3.05, 3.63) is 42.4 Å². The number of methoxy groups -OCH3 is 1. The van der Waals surface area contributed by atoms with E-state index in [0.717, 1.165) is 54.5 Å². The van der Waals surface area contributed by atoms with E-state index in [1.807, 2.05) is 35.1 Å². The lowest BCUT2D eigenvalue weighted by Gasteiger charge is -2.27. The van der Waals surface area contributed by atoms with E-state index < -0.39 is 0 Å². The van der Waals surface area contributed by atoms with E-state index in [9.17, 15) is 0 Å². The predicted molar refractivity (Wildman–Crippen MR) is 90.5 cm³/mol. The molecule has 24 heavy (non-hydrogen) atoms. The Morgan fingerprint density at radius 1 is 1.12 bits per heavy atom. The number of morpholine rings is 1. The number of hydrogen-bond donors (Lipinski definition) is 0. The van der Waals surface area contributed by atoms with E-state index in [4.69, 9.17) is 9.47 Å². The van der Waals surface area contributed by atoms with Gasteiger partial charge in [0, 0.05) is 13.1 Å². The summed E-state index contributed by atoms with van der Waals surface area (Å²) in [5.74, 6) is 1.78. The fourth-order valence-electron chi connectivity index (χ4n) is 2.93. The highest BCUT2D eigenvalue weighted by Gasteiger charge is 2.18. The second kappa shape index (κ2) is 6.45. The standard InChI is InChI=1S/C17H19N5O2/c1-23-14-4-2-13(3-5-14)11-22-17-15(10-20-22)16(18-12-19-17)21-6-8-24-9-7-21/h2-5,10,12H,6-9,11H2,1H3. The molecule has 1 fully saturated rings. The van der Waals surface area contributed by atoms with E-state index in [2.05, 4.69) is 20.0 Å². The van der Waals surface area contributed by atoms with Gasteiger partial charge in [-0.25, -0.2) is 14.6 Å². The van der Waals surface area contributed by atoms with Gasteiger partial charge in [-0.1, -0.05) is 12.1 Å². The lowest BCUT2D eigenvalue weighted by Crippen LogP contribution is -2.36. The normalized spacial score (nSPS) is 15.0. The van der Waals surface area contributed by atoms with Crippen molar-refractivity contribution in [2.45, 2.75) is 6.54 Å². The minimum atomic E-state index is 0.660. The van der Waals surface area contributed by atoms with Gasteiger partial charge in [-0.3, -0.25) is 0 Å². The Labute approximate surface area is 139 Å². The zero-order valence-electron chi connectivity index (χ0n) is 13.6. The average Bonchev–Trinajstić information content (AvgIpc) is 3.06. The van der Waals surface area contributed by atoms with Gasteiger partial charge in [-0.05, 0) is 17.7 Å². The summed E-state index contributed by atoms with van der Waals surface area (Å²) in [7, 11) is 1.67. The van der Waals surface area contributed by atoms with Gasteiger partial charge >= 0.3 is 0 Å². The molecule has 0 radical (unpaired) electrons. The van der Waals surface area contributed by atoms with Crippen LogP contribution in [0.1, 0.15) is 5.56 Å². The van der Waals surface area contributed by atoms with Gasteiger partial charge in [-0.15, -0.1) is 0 Å². The Balaban J connectivity index is 1.64. The Morgan fingerprint density at radius 3 is 2.67 bits per heavy atom. The number of benzene rings is 1. The molecule has 0 spiro atoms. The molecule has 0 saturated carbocycles. The maximum Gasteiger partial charge on any atom is 0.163 e. The molecule has 1 aliphatic heterocycles. The molecule has 4 rings (SSSR count). The topological polar surface area (TPSA) is 65.3 Å². The van der Waals surface area contributed by atoms with Crippen LogP contribution in [0.3, 0.4) is 0 Å². The molecule has 1 aliphatic rings. The third-order valence-electron chi connectivity index (χ3n) is 4.21. The maximum atomic E-state index is 5.42. The Bertz CT molecular complexity index is 825. The highest BCUT2D eigenvalue weighted by molar-refractivity contribution is 5.86. The molecule has 0 amide bonds. The first kappa shape index (κ1) is 14.9. The van der Waals surface area contributed by atoms with Crippen molar-refractivity contribution in [2.75, 3.05) is 38.3 Å². The van der Waals surface area contributed by atoms with E-state index in [-0.39, 0.29) is 0 Å². The zero-order chi connectivity index (χ0) is 16.4. The molecule has 0 bridgehead atoms. The summed E-state index contributed by atoms with van der Waals surface area (Å²) < 4.78 is 12.5. The monoisotopic (exact) mass is 325 g/mol. The third kappa shape index (κ3) is 2.78. The Hall–Kier alpha value is -2.67. The third-order valence-corrected chi connectivity index (χ3v) is 4.21. The van der Waals surface area contributed by atoms with Crippen LogP contribution in [0.2, 0.25) is 0 Å². The van der Waals surface area contributed by atoms with Gasteiger partial charge in [-0.2, -0.15) is 5.10 Å². The molecule has 0 N–H and O–H groups in total. The molecule has 124 valence electrons. The van der Waals surface area contributed by atoms with E-state index in [0.29, 0.717) is 6.54 Å². The summed E-state index contributed by atoms with van der Waals surface area (Å²) >= 11 is 0. The first-order chi connectivity index (χ1) is 11.8. The first-order valence-corrected chi connectivity index (χ1v) is 7.97. The van der Waals surface area contributed by atoms with E-state index in [1.54, 1.807) is 13.4 Å². The maximum absolute atomic E-state index is 5.42. The van der Waals surface area contributed by atoms with Crippen LogP contribution in [-0.2, 0) is 11.3 Å². The summed E-state index contributed by atoms with van der Waals surface area (Å²) in [6, 6.07) is 7.98. The number of fused-ring (bicyclic) bond motifs is 1. The largest absolute Gasteiger partial charge is 0.497 e. The van der Waals surface area contributed by atoms with Crippen LogP contribution in [0.25, 0.3) is 11.0 Å².